The zero-order valence-electron chi connectivity index (χ0n) is 8.83. The summed E-state index contributed by atoms with van der Waals surface area (Å²) in [5.41, 5.74) is 3.66. The molecule has 0 saturated heterocycles. The normalized spacial score (nSPS) is 20.4. The van der Waals surface area contributed by atoms with Gasteiger partial charge in [-0.05, 0) is 42.5 Å². The molecule has 1 aliphatic rings. The van der Waals surface area contributed by atoms with E-state index in [0.717, 1.165) is 24.8 Å². The Morgan fingerprint density at radius 2 is 2.14 bits per heavy atom. The van der Waals surface area contributed by atoms with Crippen molar-refractivity contribution < 1.29 is 5.11 Å². The Bertz CT molecular complexity index is 333. The van der Waals surface area contributed by atoms with Crippen LogP contribution in [-0.4, -0.2) is 19.2 Å². The number of anilines is 1. The van der Waals surface area contributed by atoms with Crippen LogP contribution in [0.4, 0.5) is 5.69 Å². The van der Waals surface area contributed by atoms with Crippen molar-refractivity contribution in [3.05, 3.63) is 29.3 Å². The first-order chi connectivity index (χ1) is 6.68. The summed E-state index contributed by atoms with van der Waals surface area (Å²) in [6.07, 6.45) is 2.88. The molecule has 1 aliphatic carbocycles. The Morgan fingerprint density at radius 3 is 2.86 bits per heavy atom. The van der Waals surface area contributed by atoms with Crippen molar-refractivity contribution in [2.24, 2.45) is 0 Å². The molecule has 0 radical (unpaired) electrons. The van der Waals surface area contributed by atoms with Crippen LogP contribution in [0.5, 0.6) is 0 Å². The minimum absolute atomic E-state index is 0.241. The third-order valence-corrected chi connectivity index (χ3v) is 2.93. The van der Waals surface area contributed by atoms with Crippen molar-refractivity contribution in [2.75, 3.05) is 19.0 Å². The Morgan fingerprint density at radius 1 is 1.36 bits per heavy atom. The fourth-order valence-electron chi connectivity index (χ4n) is 2.05. The Labute approximate surface area is 85.2 Å². The second kappa shape index (κ2) is 3.62. The third kappa shape index (κ3) is 1.62. The van der Waals surface area contributed by atoms with Crippen LogP contribution in [0.3, 0.4) is 0 Å². The minimum Gasteiger partial charge on any atom is -0.388 e. The molecule has 1 N–H and O–H groups in total. The van der Waals surface area contributed by atoms with Crippen LogP contribution in [0, 0.1) is 0 Å². The van der Waals surface area contributed by atoms with E-state index in [1.165, 1.54) is 11.3 Å². The number of benzene rings is 1. The highest BCUT2D eigenvalue weighted by atomic mass is 16.3. The van der Waals surface area contributed by atoms with E-state index in [9.17, 15) is 5.11 Å². The molecule has 0 heterocycles. The fraction of sp³-hybridized carbons (Fsp3) is 0.500. The van der Waals surface area contributed by atoms with Gasteiger partial charge in [-0.25, -0.2) is 0 Å². The van der Waals surface area contributed by atoms with Crippen LogP contribution < -0.4 is 4.90 Å². The van der Waals surface area contributed by atoms with Gasteiger partial charge >= 0.3 is 0 Å². The zero-order chi connectivity index (χ0) is 10.1. The Hall–Kier alpha value is -1.02. The third-order valence-electron chi connectivity index (χ3n) is 2.93. The summed E-state index contributed by atoms with van der Waals surface area (Å²) >= 11 is 0. The lowest BCUT2D eigenvalue weighted by Crippen LogP contribution is -2.13. The molecule has 1 aromatic rings. The van der Waals surface area contributed by atoms with Gasteiger partial charge in [-0.3, -0.25) is 0 Å². The molecular weight excluding hydrogens is 174 g/mol. The van der Waals surface area contributed by atoms with Crippen molar-refractivity contribution in [3.8, 4) is 0 Å². The molecule has 0 aromatic heterocycles. The quantitative estimate of drug-likeness (QED) is 0.735. The highest BCUT2D eigenvalue weighted by Crippen LogP contribution is 2.31. The molecule has 76 valence electrons. The highest BCUT2D eigenvalue weighted by Gasteiger charge is 2.17. The van der Waals surface area contributed by atoms with Crippen LogP contribution in [0.15, 0.2) is 18.2 Å². The lowest BCUT2D eigenvalue weighted by Gasteiger charge is -2.23. The van der Waals surface area contributed by atoms with Gasteiger partial charge in [-0.15, -0.1) is 0 Å². The minimum atomic E-state index is -0.241. The summed E-state index contributed by atoms with van der Waals surface area (Å²) in [6, 6.07) is 6.33. The lowest BCUT2D eigenvalue weighted by atomic mass is 9.89. The predicted molar refractivity (Wildman–Crippen MR) is 58.7 cm³/mol. The molecule has 0 amide bonds. The highest BCUT2D eigenvalue weighted by molar-refractivity contribution is 5.51. The molecule has 0 aliphatic heterocycles. The van der Waals surface area contributed by atoms with Gasteiger partial charge in [0, 0.05) is 19.8 Å². The van der Waals surface area contributed by atoms with Gasteiger partial charge < -0.3 is 10.0 Å². The molecule has 2 rings (SSSR count). The molecule has 14 heavy (non-hydrogen) atoms. The maximum Gasteiger partial charge on any atom is 0.0792 e. The predicted octanol–water partition coefficient (Wildman–Crippen LogP) is 2.12. The molecule has 0 bridgehead atoms. The van der Waals surface area contributed by atoms with Crippen molar-refractivity contribution in [3.63, 3.8) is 0 Å². The second-order valence-corrected chi connectivity index (χ2v) is 4.19. The van der Waals surface area contributed by atoms with Crippen molar-refractivity contribution >= 4 is 5.69 Å². The smallest absolute Gasteiger partial charge is 0.0792 e. The van der Waals surface area contributed by atoms with E-state index in [1.54, 1.807) is 0 Å². The number of rotatable bonds is 1. The largest absolute Gasteiger partial charge is 0.388 e. The van der Waals surface area contributed by atoms with Crippen LogP contribution >= 0.6 is 0 Å². The van der Waals surface area contributed by atoms with Gasteiger partial charge in [0.1, 0.15) is 0 Å². The van der Waals surface area contributed by atoms with Crippen molar-refractivity contribution in [2.45, 2.75) is 25.4 Å². The number of aliphatic hydroxyl groups is 1. The summed E-state index contributed by atoms with van der Waals surface area (Å²) in [6.45, 7) is 0. The first-order valence-corrected chi connectivity index (χ1v) is 5.16. The van der Waals surface area contributed by atoms with E-state index in [0.29, 0.717) is 0 Å². The Balaban J connectivity index is 2.39. The molecule has 1 aromatic carbocycles. The topological polar surface area (TPSA) is 23.5 Å². The maximum atomic E-state index is 9.78. The number of aliphatic hydroxyl groups excluding tert-OH is 1. The van der Waals surface area contributed by atoms with Crippen molar-refractivity contribution in [1.82, 2.24) is 0 Å². The molecule has 1 atom stereocenters. The zero-order valence-corrected chi connectivity index (χ0v) is 8.83. The number of nitrogens with zero attached hydrogens (tertiary/aromatic N) is 1. The van der Waals surface area contributed by atoms with Crippen LogP contribution in [0.25, 0.3) is 0 Å². The van der Waals surface area contributed by atoms with Crippen LogP contribution in [0.1, 0.15) is 30.1 Å². The molecule has 2 heteroatoms. The summed E-state index contributed by atoms with van der Waals surface area (Å²) < 4.78 is 0. The van der Waals surface area contributed by atoms with E-state index in [-0.39, 0.29) is 6.10 Å². The van der Waals surface area contributed by atoms with E-state index < -0.39 is 0 Å². The van der Waals surface area contributed by atoms with Crippen LogP contribution in [-0.2, 0) is 6.42 Å². The Kier molecular flexibility index (Phi) is 2.46. The van der Waals surface area contributed by atoms with Gasteiger partial charge in [0.05, 0.1) is 6.10 Å². The van der Waals surface area contributed by atoms with Crippen molar-refractivity contribution in [1.29, 1.82) is 0 Å². The molecule has 0 spiro atoms. The molecule has 2 nitrogen and oxygen atoms in total. The maximum absolute atomic E-state index is 9.78. The molecule has 0 saturated carbocycles. The first kappa shape index (κ1) is 9.53. The van der Waals surface area contributed by atoms with E-state index in [2.05, 4.69) is 23.1 Å². The van der Waals surface area contributed by atoms with Crippen LogP contribution in [0.2, 0.25) is 0 Å². The fourth-order valence-corrected chi connectivity index (χ4v) is 2.05. The lowest BCUT2D eigenvalue weighted by molar-refractivity contribution is 0.156. The van der Waals surface area contributed by atoms with E-state index in [1.807, 2.05) is 14.1 Å². The van der Waals surface area contributed by atoms with Gasteiger partial charge in [0.15, 0.2) is 0 Å². The number of hydrogen-bond acceptors (Lipinski definition) is 2. The summed E-state index contributed by atoms with van der Waals surface area (Å²) in [5, 5.41) is 9.78. The van der Waals surface area contributed by atoms with Gasteiger partial charge in [0.2, 0.25) is 0 Å². The summed E-state index contributed by atoms with van der Waals surface area (Å²) in [5.74, 6) is 0. The first-order valence-electron chi connectivity index (χ1n) is 5.16. The number of hydrogen-bond donors (Lipinski definition) is 1. The number of aryl methyl sites for hydroxylation is 1. The van der Waals surface area contributed by atoms with E-state index in [4.69, 9.17) is 0 Å². The van der Waals surface area contributed by atoms with E-state index >= 15 is 0 Å². The molecular formula is C12H17NO. The van der Waals surface area contributed by atoms with Gasteiger partial charge in [-0.1, -0.05) is 6.07 Å². The van der Waals surface area contributed by atoms with Gasteiger partial charge in [0.25, 0.3) is 0 Å². The average molecular weight is 191 g/mol. The molecule has 1 unspecified atom stereocenters. The molecule has 0 fully saturated rings. The van der Waals surface area contributed by atoms with Gasteiger partial charge in [-0.2, -0.15) is 0 Å². The second-order valence-electron chi connectivity index (χ2n) is 4.19. The monoisotopic (exact) mass is 191 g/mol. The average Bonchev–Trinajstić information content (AvgIpc) is 2.17. The summed E-state index contributed by atoms with van der Waals surface area (Å²) in [7, 11) is 4.09. The summed E-state index contributed by atoms with van der Waals surface area (Å²) in [4.78, 5) is 2.10. The SMILES string of the molecule is CN(C)c1ccc2c(c1)CCCC2O. The number of fused-ring (bicyclic) bond motifs is 1. The standard InChI is InChI=1S/C12H17NO/c1-13(2)10-6-7-11-9(8-10)4-3-5-12(11)14/h6-8,12,14H,3-5H2,1-2H3.